The van der Waals surface area contributed by atoms with E-state index in [2.05, 4.69) is 5.32 Å². The number of nitrogens with one attached hydrogen (secondary N) is 1. The highest BCUT2D eigenvalue weighted by Gasteiger charge is 2.35. The average molecular weight is 326 g/mol. The van der Waals surface area contributed by atoms with Crippen LogP contribution in [0.1, 0.15) is 32.6 Å². The van der Waals surface area contributed by atoms with Gasteiger partial charge in [0.2, 0.25) is 0 Å². The van der Waals surface area contributed by atoms with Crippen LogP contribution in [-0.2, 0) is 9.59 Å². The number of rotatable bonds is 6. The average Bonchev–Trinajstić information content (AvgIpc) is 2.94. The van der Waals surface area contributed by atoms with E-state index < -0.39 is 18.0 Å². The van der Waals surface area contributed by atoms with Crippen LogP contribution in [-0.4, -0.2) is 29.1 Å². The molecule has 22 heavy (non-hydrogen) atoms. The van der Waals surface area contributed by atoms with Crippen molar-refractivity contribution in [2.75, 3.05) is 0 Å². The van der Waals surface area contributed by atoms with Crippen molar-refractivity contribution < 1.29 is 19.4 Å². The number of ether oxygens (including phenoxy) is 1. The van der Waals surface area contributed by atoms with Gasteiger partial charge in [0.05, 0.1) is 10.9 Å². The number of hydrogen-bond acceptors (Lipinski definition) is 3. The summed E-state index contributed by atoms with van der Waals surface area (Å²) in [6.45, 7) is 1.84. The maximum Gasteiger partial charge on any atom is 0.308 e. The molecule has 0 bridgehead atoms. The minimum atomic E-state index is -0.858. The summed E-state index contributed by atoms with van der Waals surface area (Å²) in [4.78, 5) is 23.5. The molecule has 0 aromatic heterocycles. The fourth-order valence-corrected chi connectivity index (χ4v) is 2.90. The topological polar surface area (TPSA) is 75.6 Å². The number of benzene rings is 1. The molecule has 1 aliphatic rings. The molecule has 6 heteroatoms. The van der Waals surface area contributed by atoms with Crippen molar-refractivity contribution >= 4 is 23.5 Å². The third-order valence-corrected chi connectivity index (χ3v) is 4.24. The van der Waals surface area contributed by atoms with Crippen LogP contribution in [0.25, 0.3) is 0 Å². The molecule has 1 amide bonds. The molecule has 1 aliphatic carbocycles. The lowest BCUT2D eigenvalue weighted by Gasteiger charge is -2.22. The normalized spacial score (nSPS) is 22.1. The molecule has 0 saturated heterocycles. The Kier molecular flexibility index (Phi) is 5.66. The fraction of sp³-hybridized carbons (Fsp3) is 0.500. The van der Waals surface area contributed by atoms with Crippen LogP contribution in [0.5, 0.6) is 5.75 Å². The maximum atomic E-state index is 12.3. The molecule has 1 aromatic rings. The lowest BCUT2D eigenvalue weighted by molar-refractivity contribution is -0.142. The first-order valence-corrected chi connectivity index (χ1v) is 7.85. The Morgan fingerprint density at radius 1 is 1.41 bits per heavy atom. The van der Waals surface area contributed by atoms with E-state index >= 15 is 0 Å². The molecule has 2 rings (SSSR count). The third-order valence-electron chi connectivity index (χ3n) is 3.93. The molecule has 0 radical (unpaired) electrons. The minimum absolute atomic E-state index is 0.291. The van der Waals surface area contributed by atoms with E-state index in [-0.39, 0.29) is 11.9 Å². The van der Waals surface area contributed by atoms with E-state index in [1.165, 1.54) is 0 Å². The maximum absolute atomic E-state index is 12.3. The molecular formula is C16H20ClNO4. The summed E-state index contributed by atoms with van der Waals surface area (Å²) in [5.74, 6) is -1.21. The van der Waals surface area contributed by atoms with Gasteiger partial charge in [0.25, 0.3) is 5.91 Å². The summed E-state index contributed by atoms with van der Waals surface area (Å²) in [7, 11) is 0. The number of amides is 1. The quantitative estimate of drug-likeness (QED) is 0.843. The van der Waals surface area contributed by atoms with Gasteiger partial charge in [-0.05, 0) is 31.4 Å². The van der Waals surface area contributed by atoms with Crippen molar-refractivity contribution in [3.63, 3.8) is 0 Å². The highest BCUT2D eigenvalue weighted by Crippen LogP contribution is 2.27. The number of hydrogen-bond donors (Lipinski definition) is 2. The second kappa shape index (κ2) is 7.49. The number of carbonyl (C=O) groups is 2. The minimum Gasteiger partial charge on any atom is -0.481 e. The third kappa shape index (κ3) is 3.91. The second-order valence-electron chi connectivity index (χ2n) is 5.44. The predicted molar refractivity (Wildman–Crippen MR) is 83.1 cm³/mol. The van der Waals surface area contributed by atoms with Crippen LogP contribution in [0.2, 0.25) is 5.02 Å². The van der Waals surface area contributed by atoms with Gasteiger partial charge in [-0.1, -0.05) is 37.1 Å². The Morgan fingerprint density at radius 3 is 2.77 bits per heavy atom. The SMILES string of the molecule is CCC(Oc1ccccc1Cl)C(=O)N[C@@H]1CCC[C@@H]1C(=O)O. The van der Waals surface area contributed by atoms with Crippen molar-refractivity contribution in [2.45, 2.75) is 44.8 Å². The molecule has 1 fully saturated rings. The van der Waals surface area contributed by atoms with E-state index in [0.717, 1.165) is 6.42 Å². The van der Waals surface area contributed by atoms with Gasteiger partial charge in [-0.3, -0.25) is 9.59 Å². The Hall–Kier alpha value is -1.75. The zero-order chi connectivity index (χ0) is 16.1. The van der Waals surface area contributed by atoms with Gasteiger partial charge in [-0.15, -0.1) is 0 Å². The van der Waals surface area contributed by atoms with Gasteiger partial charge in [0, 0.05) is 6.04 Å². The Balaban J connectivity index is 2.00. The van der Waals surface area contributed by atoms with E-state index in [1.54, 1.807) is 24.3 Å². The van der Waals surface area contributed by atoms with E-state index in [1.807, 2.05) is 6.92 Å². The largest absolute Gasteiger partial charge is 0.481 e. The van der Waals surface area contributed by atoms with Crippen LogP contribution < -0.4 is 10.1 Å². The summed E-state index contributed by atoms with van der Waals surface area (Å²) in [5.41, 5.74) is 0. The molecule has 5 nitrogen and oxygen atoms in total. The monoisotopic (exact) mass is 325 g/mol. The van der Waals surface area contributed by atoms with Crippen molar-refractivity contribution in [3.8, 4) is 5.75 Å². The zero-order valence-electron chi connectivity index (χ0n) is 12.4. The van der Waals surface area contributed by atoms with Gasteiger partial charge in [-0.2, -0.15) is 0 Å². The number of para-hydroxylation sites is 1. The van der Waals surface area contributed by atoms with Crippen molar-refractivity contribution in [1.29, 1.82) is 0 Å². The zero-order valence-corrected chi connectivity index (χ0v) is 13.2. The van der Waals surface area contributed by atoms with E-state index in [4.69, 9.17) is 21.4 Å². The number of aliphatic carboxylic acids is 1. The molecule has 0 spiro atoms. The first-order valence-electron chi connectivity index (χ1n) is 7.47. The molecule has 1 saturated carbocycles. The van der Waals surface area contributed by atoms with Gasteiger partial charge in [-0.25, -0.2) is 0 Å². The molecule has 0 aliphatic heterocycles. The number of carboxylic acid groups (broad SMARTS) is 1. The molecule has 2 N–H and O–H groups in total. The van der Waals surface area contributed by atoms with Crippen molar-refractivity contribution in [2.24, 2.45) is 5.92 Å². The number of carbonyl (C=O) groups excluding carboxylic acids is 1. The van der Waals surface area contributed by atoms with Gasteiger partial charge < -0.3 is 15.2 Å². The fourth-order valence-electron chi connectivity index (χ4n) is 2.72. The summed E-state index contributed by atoms with van der Waals surface area (Å²) in [5, 5.41) is 12.4. The smallest absolute Gasteiger partial charge is 0.308 e. The molecule has 1 unspecified atom stereocenters. The van der Waals surface area contributed by atoms with Crippen LogP contribution in [0, 0.1) is 5.92 Å². The Bertz CT molecular complexity index is 549. The standard InChI is InChI=1S/C16H20ClNO4/c1-2-13(22-14-9-4-3-7-11(14)17)15(19)18-12-8-5-6-10(12)16(20)21/h3-4,7,9-10,12-13H,2,5-6,8H2,1H3,(H,18,19)(H,20,21)/t10-,12+,13?/m0/s1. The second-order valence-corrected chi connectivity index (χ2v) is 5.84. The lowest BCUT2D eigenvalue weighted by Crippen LogP contribution is -2.46. The van der Waals surface area contributed by atoms with Crippen LogP contribution in [0.15, 0.2) is 24.3 Å². The van der Waals surface area contributed by atoms with Gasteiger partial charge >= 0.3 is 5.97 Å². The summed E-state index contributed by atoms with van der Waals surface area (Å²) >= 11 is 6.03. The highest BCUT2D eigenvalue weighted by atomic mass is 35.5. The number of halogens is 1. The Labute approximate surface area is 134 Å². The molecule has 120 valence electrons. The predicted octanol–water partition coefficient (Wildman–Crippen LogP) is 2.87. The summed E-state index contributed by atoms with van der Waals surface area (Å²) in [6, 6.07) is 6.64. The summed E-state index contributed by atoms with van der Waals surface area (Å²) < 4.78 is 5.67. The summed E-state index contributed by atoms with van der Waals surface area (Å²) in [6.07, 6.45) is 1.88. The Morgan fingerprint density at radius 2 is 2.14 bits per heavy atom. The van der Waals surface area contributed by atoms with Crippen molar-refractivity contribution in [1.82, 2.24) is 5.32 Å². The number of carboxylic acids is 1. The van der Waals surface area contributed by atoms with Gasteiger partial charge in [0.1, 0.15) is 5.75 Å². The van der Waals surface area contributed by atoms with E-state index in [0.29, 0.717) is 30.0 Å². The molecule has 1 aromatic carbocycles. The van der Waals surface area contributed by atoms with Crippen LogP contribution in [0.3, 0.4) is 0 Å². The first kappa shape index (κ1) is 16.6. The van der Waals surface area contributed by atoms with Crippen LogP contribution >= 0.6 is 11.6 Å². The molecule has 0 heterocycles. The van der Waals surface area contributed by atoms with Crippen LogP contribution in [0.4, 0.5) is 0 Å². The van der Waals surface area contributed by atoms with E-state index in [9.17, 15) is 9.59 Å². The van der Waals surface area contributed by atoms with Crippen molar-refractivity contribution in [3.05, 3.63) is 29.3 Å². The molecule has 3 atom stereocenters. The molecular weight excluding hydrogens is 306 g/mol. The first-order chi connectivity index (χ1) is 10.5. The van der Waals surface area contributed by atoms with Gasteiger partial charge in [0.15, 0.2) is 6.10 Å². The highest BCUT2D eigenvalue weighted by molar-refractivity contribution is 6.32. The lowest BCUT2D eigenvalue weighted by atomic mass is 10.0.